The number of nitrogens with zero attached hydrogens (tertiary/aromatic N) is 2. The Bertz CT molecular complexity index is 1350. The molecule has 4 rings (SSSR count). The van der Waals surface area contributed by atoms with Gasteiger partial charge < -0.3 is 20.1 Å². The van der Waals surface area contributed by atoms with E-state index in [0.717, 1.165) is 39.2 Å². The first-order valence-electron chi connectivity index (χ1n) is 11.3. The molecule has 35 heavy (non-hydrogen) atoms. The van der Waals surface area contributed by atoms with Gasteiger partial charge in [0, 0.05) is 24.7 Å². The Kier molecular flexibility index (Phi) is 7.70. The quantitative estimate of drug-likeness (QED) is 0.335. The van der Waals surface area contributed by atoms with Crippen LogP contribution in [0.15, 0.2) is 73.1 Å². The minimum absolute atomic E-state index is 0.0503. The number of ether oxygens (including phenoxy) is 2. The summed E-state index contributed by atoms with van der Waals surface area (Å²) in [5, 5.41) is 7.07. The van der Waals surface area contributed by atoms with Gasteiger partial charge in [0.25, 0.3) is 0 Å². The summed E-state index contributed by atoms with van der Waals surface area (Å²) in [4.78, 5) is 20.3. The maximum Gasteiger partial charge on any atom is 0.246 e. The van der Waals surface area contributed by atoms with Crippen LogP contribution in [0.4, 0.5) is 11.5 Å². The number of benzene rings is 3. The number of fused-ring (bicyclic) bond motifs is 1. The molecule has 0 atom stereocenters. The second-order valence-electron chi connectivity index (χ2n) is 8.16. The lowest BCUT2D eigenvalue weighted by atomic mass is 10.1. The zero-order valence-corrected chi connectivity index (χ0v) is 20.0. The number of nitrogens with one attached hydrogen (secondary N) is 2. The van der Waals surface area contributed by atoms with Crippen molar-refractivity contribution in [3.63, 3.8) is 0 Å². The standard InChI is InChI=1S/C28H28N4O3/c1-19-6-10-23(11-7-19)35-26-13-9-22(15-20(26)2)32-28-24-16-21(8-12-25(24)30-18-31-28)5-4-14-29-27(33)17-34-3/h4-13,15-16,18H,14,17H2,1-3H3,(H,29,33)(H,30,31,32)/b5-4+. The molecule has 0 bridgehead atoms. The van der Waals surface area contributed by atoms with Crippen LogP contribution < -0.4 is 15.4 Å². The predicted molar refractivity (Wildman–Crippen MR) is 139 cm³/mol. The number of anilines is 2. The molecule has 1 heterocycles. The lowest BCUT2D eigenvalue weighted by Crippen LogP contribution is -2.26. The van der Waals surface area contributed by atoms with Gasteiger partial charge >= 0.3 is 0 Å². The summed E-state index contributed by atoms with van der Waals surface area (Å²) in [7, 11) is 1.49. The van der Waals surface area contributed by atoms with Crippen molar-refractivity contribution in [1.82, 2.24) is 15.3 Å². The summed E-state index contributed by atoms with van der Waals surface area (Å²) >= 11 is 0. The van der Waals surface area contributed by atoms with Crippen molar-refractivity contribution in [1.29, 1.82) is 0 Å². The van der Waals surface area contributed by atoms with Crippen LogP contribution in [-0.4, -0.2) is 36.1 Å². The fourth-order valence-electron chi connectivity index (χ4n) is 3.54. The zero-order valence-electron chi connectivity index (χ0n) is 20.0. The fourth-order valence-corrected chi connectivity index (χ4v) is 3.54. The first-order valence-corrected chi connectivity index (χ1v) is 11.3. The van der Waals surface area contributed by atoms with E-state index in [1.54, 1.807) is 6.33 Å². The molecular weight excluding hydrogens is 440 g/mol. The molecule has 0 fully saturated rings. The molecule has 0 unspecified atom stereocenters. The molecule has 0 saturated heterocycles. The van der Waals surface area contributed by atoms with Gasteiger partial charge in [-0.15, -0.1) is 0 Å². The maximum atomic E-state index is 11.5. The van der Waals surface area contributed by atoms with Gasteiger partial charge in [-0.25, -0.2) is 9.97 Å². The van der Waals surface area contributed by atoms with Crippen LogP contribution in [0.5, 0.6) is 11.5 Å². The Balaban J connectivity index is 1.49. The van der Waals surface area contributed by atoms with Gasteiger partial charge in [-0.1, -0.05) is 35.9 Å². The highest BCUT2D eigenvalue weighted by molar-refractivity contribution is 5.92. The predicted octanol–water partition coefficient (Wildman–Crippen LogP) is 5.56. The molecule has 3 aromatic carbocycles. The Morgan fingerprint density at radius 3 is 2.60 bits per heavy atom. The van der Waals surface area contributed by atoms with E-state index < -0.39 is 0 Å². The minimum Gasteiger partial charge on any atom is -0.457 e. The van der Waals surface area contributed by atoms with Crippen molar-refractivity contribution < 1.29 is 14.3 Å². The Morgan fingerprint density at radius 2 is 1.83 bits per heavy atom. The van der Waals surface area contributed by atoms with E-state index >= 15 is 0 Å². The van der Waals surface area contributed by atoms with Crippen LogP contribution >= 0.6 is 0 Å². The number of hydrogen-bond acceptors (Lipinski definition) is 6. The summed E-state index contributed by atoms with van der Waals surface area (Å²) < 4.78 is 10.8. The molecule has 7 nitrogen and oxygen atoms in total. The van der Waals surface area contributed by atoms with Gasteiger partial charge in [0.15, 0.2) is 0 Å². The molecule has 2 N–H and O–H groups in total. The number of aromatic nitrogens is 2. The SMILES string of the molecule is COCC(=O)NC/C=C/c1ccc2ncnc(Nc3ccc(Oc4ccc(C)cc4)c(C)c3)c2c1. The zero-order chi connectivity index (χ0) is 24.6. The van der Waals surface area contributed by atoms with Crippen LogP contribution in [0, 0.1) is 13.8 Å². The second kappa shape index (κ2) is 11.3. The fraction of sp³-hybridized carbons (Fsp3) is 0.179. The molecule has 4 aromatic rings. The van der Waals surface area contributed by atoms with Gasteiger partial charge in [-0.05, 0) is 67.4 Å². The molecule has 1 amide bonds. The van der Waals surface area contributed by atoms with Gasteiger partial charge in [0.1, 0.15) is 30.3 Å². The second-order valence-corrected chi connectivity index (χ2v) is 8.16. The third-order valence-electron chi connectivity index (χ3n) is 5.35. The highest BCUT2D eigenvalue weighted by Gasteiger charge is 2.08. The molecule has 0 aliphatic carbocycles. The molecule has 0 spiro atoms. The Labute approximate surface area is 204 Å². The van der Waals surface area contributed by atoms with E-state index in [9.17, 15) is 4.79 Å². The van der Waals surface area contributed by atoms with Crippen LogP contribution in [0.3, 0.4) is 0 Å². The highest BCUT2D eigenvalue weighted by atomic mass is 16.5. The first-order chi connectivity index (χ1) is 17.0. The maximum absolute atomic E-state index is 11.5. The highest BCUT2D eigenvalue weighted by Crippen LogP contribution is 2.30. The van der Waals surface area contributed by atoms with Crippen molar-refractivity contribution in [3.05, 3.63) is 89.8 Å². The number of hydrogen-bond donors (Lipinski definition) is 2. The van der Waals surface area contributed by atoms with Gasteiger partial charge in [-0.2, -0.15) is 0 Å². The Hall–Kier alpha value is -4.23. The van der Waals surface area contributed by atoms with Gasteiger partial charge in [0.05, 0.1) is 5.52 Å². The number of carbonyl (C=O) groups is 1. The van der Waals surface area contributed by atoms with E-state index in [1.807, 2.05) is 79.7 Å². The molecule has 0 aliphatic rings. The molecule has 7 heteroatoms. The van der Waals surface area contributed by atoms with E-state index in [1.165, 1.54) is 12.7 Å². The van der Waals surface area contributed by atoms with E-state index in [-0.39, 0.29) is 12.5 Å². The average molecular weight is 469 g/mol. The number of amides is 1. The Morgan fingerprint density at radius 1 is 1.00 bits per heavy atom. The summed E-state index contributed by atoms with van der Waals surface area (Å²) in [6.07, 6.45) is 5.39. The van der Waals surface area contributed by atoms with Crippen molar-refractivity contribution in [3.8, 4) is 11.5 Å². The minimum atomic E-state index is -0.152. The smallest absolute Gasteiger partial charge is 0.246 e. The largest absolute Gasteiger partial charge is 0.457 e. The average Bonchev–Trinajstić information content (AvgIpc) is 2.85. The topological polar surface area (TPSA) is 85.4 Å². The summed E-state index contributed by atoms with van der Waals surface area (Å²) in [5.41, 5.74) is 4.92. The van der Waals surface area contributed by atoms with E-state index in [4.69, 9.17) is 9.47 Å². The lowest BCUT2D eigenvalue weighted by molar-refractivity contribution is -0.124. The van der Waals surface area contributed by atoms with E-state index in [0.29, 0.717) is 12.4 Å². The monoisotopic (exact) mass is 468 g/mol. The van der Waals surface area contributed by atoms with Crippen molar-refractivity contribution in [2.45, 2.75) is 13.8 Å². The molecule has 1 aromatic heterocycles. The summed E-state index contributed by atoms with van der Waals surface area (Å²) in [6, 6.07) is 19.9. The van der Waals surface area contributed by atoms with Crippen molar-refractivity contribution >= 4 is 34.4 Å². The van der Waals surface area contributed by atoms with Gasteiger partial charge in [-0.3, -0.25) is 4.79 Å². The molecule has 0 saturated carbocycles. The lowest BCUT2D eigenvalue weighted by Gasteiger charge is -2.13. The first kappa shape index (κ1) is 23.9. The van der Waals surface area contributed by atoms with E-state index in [2.05, 4.69) is 27.5 Å². The number of rotatable bonds is 9. The summed E-state index contributed by atoms with van der Waals surface area (Å²) in [5.74, 6) is 2.17. The third-order valence-corrected chi connectivity index (χ3v) is 5.35. The summed E-state index contributed by atoms with van der Waals surface area (Å²) in [6.45, 7) is 4.54. The van der Waals surface area contributed by atoms with Crippen LogP contribution in [0.25, 0.3) is 17.0 Å². The molecular formula is C28H28N4O3. The van der Waals surface area contributed by atoms with Gasteiger partial charge in [0.2, 0.25) is 5.91 Å². The van der Waals surface area contributed by atoms with Crippen LogP contribution in [0.2, 0.25) is 0 Å². The third kappa shape index (κ3) is 6.43. The molecule has 0 aliphatic heterocycles. The number of aryl methyl sites for hydroxylation is 2. The molecule has 178 valence electrons. The normalized spacial score (nSPS) is 11.1. The van der Waals surface area contributed by atoms with Crippen LogP contribution in [-0.2, 0) is 9.53 Å². The van der Waals surface area contributed by atoms with Crippen molar-refractivity contribution in [2.75, 3.05) is 25.6 Å². The number of methoxy groups -OCH3 is 1. The van der Waals surface area contributed by atoms with Crippen molar-refractivity contribution in [2.24, 2.45) is 0 Å². The number of carbonyl (C=O) groups excluding carboxylic acids is 1. The van der Waals surface area contributed by atoms with Crippen LogP contribution in [0.1, 0.15) is 16.7 Å². The molecule has 0 radical (unpaired) electrons.